The predicted molar refractivity (Wildman–Crippen MR) is 67.0 cm³/mol. The van der Waals surface area contributed by atoms with Crippen LogP contribution in [0.25, 0.3) is 11.1 Å². The van der Waals surface area contributed by atoms with E-state index in [-0.39, 0.29) is 6.61 Å². The summed E-state index contributed by atoms with van der Waals surface area (Å²) in [5.41, 5.74) is 10.7. The van der Waals surface area contributed by atoms with E-state index in [0.29, 0.717) is 5.69 Å². The van der Waals surface area contributed by atoms with E-state index in [0.717, 1.165) is 11.1 Å². The molecule has 2 nitrogen and oxygen atoms in total. The van der Waals surface area contributed by atoms with Gasteiger partial charge in [-0.3, -0.25) is 0 Å². The summed E-state index contributed by atoms with van der Waals surface area (Å²) in [4.78, 5) is 0. The van der Waals surface area contributed by atoms with E-state index < -0.39 is 0 Å². The Morgan fingerprint density at radius 1 is 1.12 bits per heavy atom. The van der Waals surface area contributed by atoms with Gasteiger partial charge in [0.05, 0.1) is 6.61 Å². The smallest absolute Gasteiger partial charge is 0.0702 e. The monoisotopic (exact) mass is 213 g/mol. The highest BCUT2D eigenvalue weighted by atomic mass is 16.3. The van der Waals surface area contributed by atoms with E-state index in [1.165, 1.54) is 11.1 Å². The second kappa shape index (κ2) is 4.37. The molecule has 0 aromatic heterocycles. The Kier molecular flexibility index (Phi) is 2.93. The van der Waals surface area contributed by atoms with Crippen molar-refractivity contribution in [2.75, 3.05) is 5.73 Å². The highest BCUT2D eigenvalue weighted by molar-refractivity contribution is 5.70. The quantitative estimate of drug-likeness (QED) is 0.753. The highest BCUT2D eigenvalue weighted by Gasteiger charge is 2.04. The normalized spacial score (nSPS) is 10.4. The average Bonchev–Trinajstić information content (AvgIpc) is 2.31. The van der Waals surface area contributed by atoms with E-state index in [9.17, 15) is 5.11 Å². The van der Waals surface area contributed by atoms with Crippen LogP contribution < -0.4 is 5.73 Å². The summed E-state index contributed by atoms with van der Waals surface area (Å²) in [6.45, 7) is 2.05. The third-order valence-electron chi connectivity index (χ3n) is 2.77. The third kappa shape index (κ3) is 1.92. The van der Waals surface area contributed by atoms with Crippen molar-refractivity contribution in [3.63, 3.8) is 0 Å². The molecule has 16 heavy (non-hydrogen) atoms. The van der Waals surface area contributed by atoms with Crippen LogP contribution in [0.1, 0.15) is 11.1 Å². The summed E-state index contributed by atoms with van der Waals surface area (Å²) in [7, 11) is 0. The number of aryl methyl sites for hydroxylation is 1. The highest BCUT2D eigenvalue weighted by Crippen LogP contribution is 2.26. The van der Waals surface area contributed by atoms with Crippen molar-refractivity contribution < 1.29 is 5.11 Å². The van der Waals surface area contributed by atoms with Gasteiger partial charge in [-0.2, -0.15) is 0 Å². The molecule has 0 aliphatic carbocycles. The SMILES string of the molecule is Cc1ccccc1-c1ccc(N)c(CO)c1. The molecule has 0 amide bonds. The minimum Gasteiger partial charge on any atom is -0.398 e. The van der Waals surface area contributed by atoms with Crippen LogP contribution >= 0.6 is 0 Å². The van der Waals surface area contributed by atoms with Crippen molar-refractivity contribution in [1.82, 2.24) is 0 Å². The molecule has 3 N–H and O–H groups in total. The molecule has 0 saturated carbocycles. The zero-order valence-electron chi connectivity index (χ0n) is 9.27. The maximum atomic E-state index is 9.18. The number of hydrogen-bond donors (Lipinski definition) is 2. The number of hydrogen-bond acceptors (Lipinski definition) is 2. The van der Waals surface area contributed by atoms with Crippen molar-refractivity contribution in [1.29, 1.82) is 0 Å². The van der Waals surface area contributed by atoms with E-state index in [1.54, 1.807) is 0 Å². The lowest BCUT2D eigenvalue weighted by Gasteiger charge is -2.09. The molecule has 0 saturated heterocycles. The maximum absolute atomic E-state index is 9.18. The van der Waals surface area contributed by atoms with Crippen molar-refractivity contribution in [2.24, 2.45) is 0 Å². The molecule has 0 unspecified atom stereocenters. The van der Waals surface area contributed by atoms with Crippen LogP contribution in [0.3, 0.4) is 0 Å². The van der Waals surface area contributed by atoms with E-state index >= 15 is 0 Å². The molecular formula is C14H15NO. The van der Waals surface area contributed by atoms with Gasteiger partial charge >= 0.3 is 0 Å². The largest absolute Gasteiger partial charge is 0.398 e. The van der Waals surface area contributed by atoms with Gasteiger partial charge in [-0.15, -0.1) is 0 Å². The zero-order chi connectivity index (χ0) is 11.5. The first-order valence-corrected chi connectivity index (χ1v) is 5.27. The lowest BCUT2D eigenvalue weighted by atomic mass is 9.98. The second-order valence-corrected chi connectivity index (χ2v) is 3.89. The summed E-state index contributed by atoms with van der Waals surface area (Å²) in [6.07, 6.45) is 0. The molecule has 0 aliphatic rings. The van der Waals surface area contributed by atoms with Gasteiger partial charge in [0.25, 0.3) is 0 Å². The van der Waals surface area contributed by atoms with Gasteiger partial charge in [0.15, 0.2) is 0 Å². The van der Waals surface area contributed by atoms with Crippen LogP contribution in [-0.2, 0) is 6.61 Å². The zero-order valence-corrected chi connectivity index (χ0v) is 9.27. The van der Waals surface area contributed by atoms with Crippen LogP contribution in [-0.4, -0.2) is 5.11 Å². The molecule has 2 aromatic carbocycles. The molecule has 0 bridgehead atoms. The Morgan fingerprint density at radius 3 is 2.56 bits per heavy atom. The van der Waals surface area contributed by atoms with Gasteiger partial charge in [-0.25, -0.2) is 0 Å². The van der Waals surface area contributed by atoms with Gasteiger partial charge in [0.1, 0.15) is 0 Å². The van der Waals surface area contributed by atoms with Crippen LogP contribution in [0.4, 0.5) is 5.69 Å². The second-order valence-electron chi connectivity index (χ2n) is 3.89. The molecule has 0 spiro atoms. The van der Waals surface area contributed by atoms with Crippen molar-refractivity contribution in [2.45, 2.75) is 13.5 Å². The first-order chi connectivity index (χ1) is 7.72. The Balaban J connectivity index is 2.53. The lowest BCUT2D eigenvalue weighted by Crippen LogP contribution is -1.94. The topological polar surface area (TPSA) is 46.2 Å². The fourth-order valence-electron chi connectivity index (χ4n) is 1.81. The summed E-state index contributed by atoms with van der Waals surface area (Å²) in [5.74, 6) is 0. The summed E-state index contributed by atoms with van der Waals surface area (Å²) < 4.78 is 0. The van der Waals surface area contributed by atoms with E-state index in [1.807, 2.05) is 30.3 Å². The number of aliphatic hydroxyl groups is 1. The number of aliphatic hydroxyl groups excluding tert-OH is 1. The van der Waals surface area contributed by atoms with Crippen molar-refractivity contribution in [3.8, 4) is 11.1 Å². The average molecular weight is 213 g/mol. The summed E-state index contributed by atoms with van der Waals surface area (Å²) in [5, 5.41) is 9.18. The Morgan fingerprint density at radius 2 is 1.88 bits per heavy atom. The molecule has 0 aliphatic heterocycles. The van der Waals surface area contributed by atoms with Crippen LogP contribution in [0.5, 0.6) is 0 Å². The van der Waals surface area contributed by atoms with Crippen LogP contribution in [0.2, 0.25) is 0 Å². The number of anilines is 1. The molecule has 82 valence electrons. The molecule has 0 atom stereocenters. The van der Waals surface area contributed by atoms with Gasteiger partial charge in [-0.1, -0.05) is 30.3 Å². The lowest BCUT2D eigenvalue weighted by molar-refractivity contribution is 0.282. The summed E-state index contributed by atoms with van der Waals surface area (Å²) >= 11 is 0. The minimum atomic E-state index is -0.0223. The van der Waals surface area contributed by atoms with Crippen molar-refractivity contribution >= 4 is 5.69 Å². The fraction of sp³-hybridized carbons (Fsp3) is 0.143. The molecule has 0 radical (unpaired) electrons. The molecule has 0 heterocycles. The number of benzene rings is 2. The standard InChI is InChI=1S/C14H15NO/c1-10-4-2-3-5-13(10)11-6-7-14(15)12(8-11)9-16/h2-8,16H,9,15H2,1H3. The van der Waals surface area contributed by atoms with Gasteiger partial charge in [0.2, 0.25) is 0 Å². The van der Waals surface area contributed by atoms with Crippen LogP contribution in [0.15, 0.2) is 42.5 Å². The fourth-order valence-corrected chi connectivity index (χ4v) is 1.81. The first-order valence-electron chi connectivity index (χ1n) is 5.27. The molecule has 0 fully saturated rings. The van der Waals surface area contributed by atoms with Crippen LogP contribution in [0, 0.1) is 6.92 Å². The Labute approximate surface area is 95.4 Å². The van der Waals surface area contributed by atoms with E-state index in [2.05, 4.69) is 19.1 Å². The Bertz CT molecular complexity index is 506. The number of nitrogen functional groups attached to an aromatic ring is 1. The maximum Gasteiger partial charge on any atom is 0.0702 e. The molecule has 2 rings (SSSR count). The van der Waals surface area contributed by atoms with Gasteiger partial charge < -0.3 is 10.8 Å². The number of rotatable bonds is 2. The molecule has 2 heteroatoms. The summed E-state index contributed by atoms with van der Waals surface area (Å²) in [6, 6.07) is 13.9. The Hall–Kier alpha value is -1.80. The molecule has 2 aromatic rings. The molecular weight excluding hydrogens is 198 g/mol. The van der Waals surface area contributed by atoms with Gasteiger partial charge in [0, 0.05) is 11.3 Å². The minimum absolute atomic E-state index is 0.0223. The third-order valence-corrected chi connectivity index (χ3v) is 2.77. The first kappa shape index (κ1) is 10.7. The van der Waals surface area contributed by atoms with Crippen molar-refractivity contribution in [3.05, 3.63) is 53.6 Å². The van der Waals surface area contributed by atoms with E-state index in [4.69, 9.17) is 5.73 Å². The predicted octanol–water partition coefficient (Wildman–Crippen LogP) is 2.74. The van der Waals surface area contributed by atoms with Gasteiger partial charge in [-0.05, 0) is 35.7 Å². The number of nitrogens with two attached hydrogens (primary N) is 1.